The molecular formula is C26H54N7P3. The van der Waals surface area contributed by atoms with Gasteiger partial charge >= 0.3 is 0 Å². The zero-order valence-corrected chi connectivity index (χ0v) is 27.5. The topological polar surface area (TPSA) is 22.7 Å². The Balaban J connectivity index is 2.88. The van der Waals surface area contributed by atoms with Crippen LogP contribution < -0.4 is 8.88 Å². The highest BCUT2D eigenvalue weighted by Gasteiger charge is 2.50. The van der Waals surface area contributed by atoms with Crippen LogP contribution in [0.4, 0.5) is 11.4 Å². The summed E-state index contributed by atoms with van der Waals surface area (Å²) in [5, 5.41) is 0. The lowest BCUT2D eigenvalue weighted by atomic mass is 10.3. The summed E-state index contributed by atoms with van der Waals surface area (Å²) < 4.78 is 19.4. The highest BCUT2D eigenvalue weighted by molar-refractivity contribution is 7.82. The third-order valence-electron chi connectivity index (χ3n) is 6.91. The summed E-state index contributed by atoms with van der Waals surface area (Å²) in [5.41, 5.74) is 2.85. The van der Waals surface area contributed by atoms with Crippen LogP contribution in [-0.4, -0.2) is 88.8 Å². The van der Waals surface area contributed by atoms with E-state index in [0.29, 0.717) is 0 Å². The maximum atomic E-state index is 2.88. The fourth-order valence-corrected chi connectivity index (χ4v) is 15.0. The molecule has 0 amide bonds. The van der Waals surface area contributed by atoms with Gasteiger partial charge in [0.15, 0.2) is 25.1 Å². The normalized spacial score (nSPS) is 14.8. The Kier molecular flexibility index (Phi) is 14.4. The zero-order valence-electron chi connectivity index (χ0n) is 24.9. The van der Waals surface area contributed by atoms with Gasteiger partial charge in [-0.05, 0) is 12.1 Å². The highest BCUT2D eigenvalue weighted by Crippen LogP contribution is 2.77. The Morgan fingerprint density at radius 2 is 0.778 bits per heavy atom. The van der Waals surface area contributed by atoms with Gasteiger partial charge in [0.05, 0.1) is 11.4 Å². The van der Waals surface area contributed by atoms with E-state index >= 15 is 0 Å². The van der Waals surface area contributed by atoms with E-state index in [4.69, 9.17) is 0 Å². The summed E-state index contributed by atoms with van der Waals surface area (Å²) in [6, 6.07) is 9.29. The van der Waals surface area contributed by atoms with Crippen molar-refractivity contribution in [3.05, 3.63) is 24.3 Å². The number of anilines is 2. The molecule has 1 heterocycles. The van der Waals surface area contributed by atoms with Crippen molar-refractivity contribution in [2.45, 2.75) is 69.2 Å². The molecule has 0 saturated heterocycles. The second-order valence-corrected chi connectivity index (χ2v) is 15.2. The van der Waals surface area contributed by atoms with Crippen LogP contribution in [0.3, 0.4) is 0 Å². The average molecular weight is 558 g/mol. The summed E-state index contributed by atoms with van der Waals surface area (Å²) in [6.07, 6.45) is 0. The molecule has 0 radical (unpaired) electrons. The number of hydrogen-bond acceptors (Lipinski definition) is 7. The minimum absolute atomic E-state index is 0.647. The van der Waals surface area contributed by atoms with Crippen LogP contribution >= 0.6 is 25.1 Å². The van der Waals surface area contributed by atoms with Crippen molar-refractivity contribution in [2.24, 2.45) is 0 Å². The summed E-state index contributed by atoms with van der Waals surface area (Å²) >= 11 is 0. The third kappa shape index (κ3) is 6.54. The lowest BCUT2D eigenvalue weighted by Gasteiger charge is -2.51. The molecule has 1 aromatic carbocycles. The molecule has 0 unspecified atom stereocenters. The van der Waals surface area contributed by atoms with Crippen LogP contribution in [0.2, 0.25) is 0 Å². The van der Waals surface area contributed by atoms with Gasteiger partial charge in [-0.2, -0.15) is 0 Å². The maximum absolute atomic E-state index is 2.88. The summed E-state index contributed by atoms with van der Waals surface area (Å²) in [5.74, 6) is 0. The molecule has 0 aliphatic carbocycles. The highest BCUT2D eigenvalue weighted by atomic mass is 31.2. The van der Waals surface area contributed by atoms with E-state index in [1.165, 1.54) is 11.4 Å². The van der Waals surface area contributed by atoms with Crippen molar-refractivity contribution in [2.75, 3.05) is 74.3 Å². The molecule has 0 N–H and O–H groups in total. The monoisotopic (exact) mass is 557 g/mol. The van der Waals surface area contributed by atoms with E-state index in [1.54, 1.807) is 0 Å². The molecule has 0 spiro atoms. The molecule has 0 bridgehead atoms. The molecule has 0 fully saturated rings. The Morgan fingerprint density at radius 1 is 0.500 bits per heavy atom. The minimum Gasteiger partial charge on any atom is -0.271 e. The van der Waals surface area contributed by atoms with Crippen molar-refractivity contribution in [3.8, 4) is 0 Å². The minimum atomic E-state index is -0.726. The molecule has 0 aromatic heterocycles. The van der Waals surface area contributed by atoms with Gasteiger partial charge in [-0.3, -0.25) is 27.6 Å². The van der Waals surface area contributed by atoms with E-state index in [-0.39, 0.29) is 0 Å². The van der Waals surface area contributed by atoms with Crippen LogP contribution in [0.25, 0.3) is 0 Å². The van der Waals surface area contributed by atoms with Gasteiger partial charge in [-0.15, -0.1) is 0 Å². The second-order valence-electron chi connectivity index (χ2n) is 8.57. The molecule has 7 nitrogen and oxygen atoms in total. The number of fused-ring (bicyclic) bond motifs is 1. The molecule has 1 aromatic rings. The van der Waals surface area contributed by atoms with Gasteiger partial charge < -0.3 is 0 Å². The molecular weight excluding hydrogens is 503 g/mol. The van der Waals surface area contributed by atoms with Crippen molar-refractivity contribution in [3.63, 3.8) is 0 Å². The molecule has 2 rings (SSSR count). The lowest BCUT2D eigenvalue weighted by Crippen LogP contribution is -2.41. The van der Waals surface area contributed by atoms with Crippen molar-refractivity contribution >= 4 is 36.5 Å². The number of hydrogen-bond donors (Lipinski definition) is 0. The van der Waals surface area contributed by atoms with Gasteiger partial charge in [0.1, 0.15) is 0 Å². The summed E-state index contributed by atoms with van der Waals surface area (Å²) in [4.78, 5) is 0. The quantitative estimate of drug-likeness (QED) is 0.181. The first-order valence-electron chi connectivity index (χ1n) is 14.3. The average Bonchev–Trinajstić information content (AvgIpc) is 3.24. The molecule has 36 heavy (non-hydrogen) atoms. The second kappa shape index (κ2) is 16.1. The van der Waals surface area contributed by atoms with E-state index in [0.717, 1.165) is 65.4 Å². The maximum Gasteiger partial charge on any atom is 0.189 e. The predicted molar refractivity (Wildman–Crippen MR) is 167 cm³/mol. The van der Waals surface area contributed by atoms with Crippen LogP contribution in [0.15, 0.2) is 24.3 Å². The van der Waals surface area contributed by atoms with Crippen molar-refractivity contribution in [1.29, 1.82) is 0 Å². The fraction of sp³-hybridized carbons (Fsp3) is 0.769. The molecule has 10 heteroatoms. The zero-order chi connectivity index (χ0) is 26.8. The Bertz CT molecular complexity index is 659. The largest absolute Gasteiger partial charge is 0.271 e. The number of rotatable bonds is 17. The van der Waals surface area contributed by atoms with Gasteiger partial charge in [0.2, 0.25) is 0 Å². The molecule has 1 aliphatic rings. The SMILES string of the molecule is CCN(CC)P(N(CC)CC)N1c2ccccc2N(P(N(CC)CC)N(CC)CC)P1N(CC)CC. The first-order chi connectivity index (χ1) is 17.5. The van der Waals surface area contributed by atoms with Crippen molar-refractivity contribution in [1.82, 2.24) is 23.4 Å². The summed E-state index contributed by atoms with van der Waals surface area (Å²) in [6.45, 7) is 34.0. The van der Waals surface area contributed by atoms with Gasteiger partial charge in [0.25, 0.3) is 0 Å². The molecule has 0 atom stereocenters. The number of nitrogens with zero attached hydrogens (tertiary/aromatic N) is 7. The first-order valence-corrected chi connectivity index (χ1v) is 17.9. The van der Waals surface area contributed by atoms with Crippen LogP contribution in [-0.2, 0) is 0 Å². The number of benzene rings is 1. The molecule has 208 valence electrons. The number of para-hydroxylation sites is 2. The Labute approximate surface area is 227 Å². The van der Waals surface area contributed by atoms with Crippen molar-refractivity contribution < 1.29 is 0 Å². The van der Waals surface area contributed by atoms with Gasteiger partial charge in [-0.1, -0.05) is 81.4 Å². The Hall–Kier alpha value is -0.0900. The predicted octanol–water partition coefficient (Wildman–Crippen LogP) is 7.70. The van der Waals surface area contributed by atoms with E-state index in [9.17, 15) is 0 Å². The lowest BCUT2D eigenvalue weighted by molar-refractivity contribution is 0.421. The van der Waals surface area contributed by atoms with E-state index in [1.807, 2.05) is 0 Å². The van der Waals surface area contributed by atoms with E-state index in [2.05, 4.69) is 126 Å². The van der Waals surface area contributed by atoms with Crippen LogP contribution in [0.5, 0.6) is 0 Å². The molecule has 0 saturated carbocycles. The molecule has 1 aliphatic heterocycles. The van der Waals surface area contributed by atoms with Gasteiger partial charge in [0, 0.05) is 65.4 Å². The smallest absolute Gasteiger partial charge is 0.189 e. The summed E-state index contributed by atoms with van der Waals surface area (Å²) in [7, 11) is -2.02. The first kappa shape index (κ1) is 32.1. The third-order valence-corrected chi connectivity index (χ3v) is 16.4. The Morgan fingerprint density at radius 3 is 1.00 bits per heavy atom. The fourth-order valence-electron chi connectivity index (χ4n) is 4.87. The van der Waals surface area contributed by atoms with Gasteiger partial charge in [-0.25, -0.2) is 4.67 Å². The van der Waals surface area contributed by atoms with Crippen LogP contribution in [0, 0.1) is 0 Å². The van der Waals surface area contributed by atoms with E-state index < -0.39 is 25.1 Å². The standard InChI is InChI=1S/C26H54N7P3/c1-11-27(12-2)34(28(13-3)14-4)32-25-23-21-22-24-26(25)33(36(32)31(19-9)20-10)35(29(15-5)16-6)30(17-7)18-8/h21-24H,11-20H2,1-10H3. The van der Waals surface area contributed by atoms with Crippen LogP contribution in [0.1, 0.15) is 69.2 Å².